The number of carboxylic acid groups (broad SMARTS) is 1. The van der Waals surface area contributed by atoms with Gasteiger partial charge in [-0.1, -0.05) is 35.9 Å². The van der Waals surface area contributed by atoms with Gasteiger partial charge in [-0.15, -0.1) is 0 Å². The third-order valence-electron chi connectivity index (χ3n) is 5.85. The van der Waals surface area contributed by atoms with Crippen LogP contribution < -0.4 is 5.32 Å². The van der Waals surface area contributed by atoms with Crippen molar-refractivity contribution in [3.05, 3.63) is 70.8 Å². The van der Waals surface area contributed by atoms with Crippen LogP contribution in [0.25, 0.3) is 11.1 Å². The van der Waals surface area contributed by atoms with Gasteiger partial charge >= 0.3 is 5.97 Å². The van der Waals surface area contributed by atoms with E-state index in [1.165, 1.54) is 18.3 Å². The highest BCUT2D eigenvalue weighted by Gasteiger charge is 2.44. The Hall–Kier alpha value is -3.30. The van der Waals surface area contributed by atoms with Gasteiger partial charge < -0.3 is 15.2 Å². The Kier molecular flexibility index (Phi) is 6.71. The maximum Gasteiger partial charge on any atom is 0.312 e. The van der Waals surface area contributed by atoms with Gasteiger partial charge in [0.1, 0.15) is 5.82 Å². The van der Waals surface area contributed by atoms with E-state index in [2.05, 4.69) is 20.7 Å². The lowest BCUT2D eigenvalue weighted by Gasteiger charge is -2.28. The number of nitrogens with zero attached hydrogens (tertiary/aromatic N) is 2. The first-order chi connectivity index (χ1) is 15.9. The van der Waals surface area contributed by atoms with Crippen molar-refractivity contribution in [3.8, 4) is 11.1 Å². The molecular formula is C23H22ClFN4O4. The maximum absolute atomic E-state index is 14.2. The standard InChI is InChI=1S/C23H22ClFN4O4/c24-16-5-6-19(25)18(10-16)15-3-1-14(2-4-15)9-17(27-21(30)20-12-26-29-28-20)11-23(22(31)32)7-8-33-13-23/h1-6,10,12,17H,7-9,11,13H2,(H,27,30)(H,31,32)(H,26,28,29)/t17-,23?/m0/s1. The molecule has 0 bridgehead atoms. The van der Waals surface area contributed by atoms with Crippen molar-refractivity contribution in [2.24, 2.45) is 5.41 Å². The van der Waals surface area contributed by atoms with Crippen LogP contribution in [0.15, 0.2) is 48.7 Å². The predicted octanol–water partition coefficient (Wildman–Crippen LogP) is 3.49. The predicted molar refractivity (Wildman–Crippen MR) is 118 cm³/mol. The zero-order chi connectivity index (χ0) is 23.4. The van der Waals surface area contributed by atoms with E-state index in [9.17, 15) is 19.1 Å². The van der Waals surface area contributed by atoms with E-state index in [-0.39, 0.29) is 24.5 Å². The minimum atomic E-state index is -1.08. The van der Waals surface area contributed by atoms with Gasteiger partial charge in [0.2, 0.25) is 0 Å². The molecule has 0 spiro atoms. The molecule has 1 aliphatic heterocycles. The Morgan fingerprint density at radius 3 is 2.70 bits per heavy atom. The molecule has 33 heavy (non-hydrogen) atoms. The van der Waals surface area contributed by atoms with Gasteiger partial charge in [0.15, 0.2) is 5.69 Å². The van der Waals surface area contributed by atoms with Gasteiger partial charge in [-0.25, -0.2) is 4.39 Å². The van der Waals surface area contributed by atoms with E-state index in [4.69, 9.17) is 16.3 Å². The number of amides is 1. The molecule has 2 heterocycles. The molecule has 4 rings (SSSR count). The number of aromatic amines is 1. The fourth-order valence-corrected chi connectivity index (χ4v) is 4.24. The van der Waals surface area contributed by atoms with Crippen molar-refractivity contribution in [2.75, 3.05) is 13.2 Å². The number of H-pyrrole nitrogens is 1. The van der Waals surface area contributed by atoms with Crippen molar-refractivity contribution >= 4 is 23.5 Å². The number of hydrogen-bond acceptors (Lipinski definition) is 5. The molecule has 2 atom stereocenters. The van der Waals surface area contributed by atoms with Crippen LogP contribution in [0.4, 0.5) is 4.39 Å². The third-order valence-corrected chi connectivity index (χ3v) is 6.09. The summed E-state index contributed by atoms with van der Waals surface area (Å²) in [5.41, 5.74) is 0.932. The molecule has 1 saturated heterocycles. The number of benzene rings is 2. The largest absolute Gasteiger partial charge is 0.481 e. The Balaban J connectivity index is 1.55. The Morgan fingerprint density at radius 2 is 2.06 bits per heavy atom. The SMILES string of the molecule is O=C(N[C@@H](Cc1ccc(-c2cc(Cl)ccc2F)cc1)CC1(C(=O)O)CCOC1)c1cn[nH]n1. The molecule has 1 aromatic heterocycles. The molecule has 172 valence electrons. The Bertz CT molecular complexity index is 1130. The van der Waals surface area contributed by atoms with Gasteiger partial charge in [0, 0.05) is 23.2 Å². The van der Waals surface area contributed by atoms with Crippen LogP contribution in [0.2, 0.25) is 5.02 Å². The van der Waals surface area contributed by atoms with E-state index in [1.807, 2.05) is 12.1 Å². The highest BCUT2D eigenvalue weighted by Crippen LogP contribution is 2.35. The summed E-state index contributed by atoms with van der Waals surface area (Å²) >= 11 is 6.00. The summed E-state index contributed by atoms with van der Waals surface area (Å²) in [5, 5.41) is 23.0. The molecule has 1 unspecified atom stereocenters. The van der Waals surface area contributed by atoms with Crippen LogP contribution in [0.3, 0.4) is 0 Å². The molecule has 1 amide bonds. The Labute approximate surface area is 194 Å². The quantitative estimate of drug-likeness (QED) is 0.462. The van der Waals surface area contributed by atoms with Crippen LogP contribution in [0.5, 0.6) is 0 Å². The first-order valence-corrected chi connectivity index (χ1v) is 10.8. The summed E-state index contributed by atoms with van der Waals surface area (Å²) in [4.78, 5) is 24.6. The van der Waals surface area contributed by atoms with E-state index < -0.39 is 23.3 Å². The molecule has 8 nitrogen and oxygen atoms in total. The molecule has 0 aliphatic carbocycles. The van der Waals surface area contributed by atoms with Gasteiger partial charge in [-0.2, -0.15) is 15.4 Å². The van der Waals surface area contributed by atoms with Crippen LogP contribution in [0.1, 0.15) is 28.9 Å². The molecule has 1 fully saturated rings. The average molecular weight is 473 g/mol. The first kappa shape index (κ1) is 22.9. The van der Waals surface area contributed by atoms with Crippen LogP contribution in [-0.4, -0.2) is 51.6 Å². The highest BCUT2D eigenvalue weighted by molar-refractivity contribution is 6.30. The normalized spacial score (nSPS) is 18.7. The fourth-order valence-electron chi connectivity index (χ4n) is 4.06. The van der Waals surface area contributed by atoms with Gasteiger partial charge in [-0.05, 0) is 48.6 Å². The molecule has 3 N–H and O–H groups in total. The summed E-state index contributed by atoms with van der Waals surface area (Å²) in [6, 6.07) is 11.0. The number of aromatic nitrogens is 3. The number of carbonyl (C=O) groups is 2. The van der Waals surface area contributed by atoms with E-state index in [1.54, 1.807) is 18.2 Å². The average Bonchev–Trinajstić information content (AvgIpc) is 3.49. The van der Waals surface area contributed by atoms with Crippen molar-refractivity contribution in [1.82, 2.24) is 20.7 Å². The minimum Gasteiger partial charge on any atom is -0.481 e. The second kappa shape index (κ2) is 9.68. The molecular weight excluding hydrogens is 451 g/mol. The van der Waals surface area contributed by atoms with Gasteiger partial charge in [0.25, 0.3) is 5.91 Å². The topological polar surface area (TPSA) is 117 Å². The van der Waals surface area contributed by atoms with Crippen molar-refractivity contribution in [2.45, 2.75) is 25.3 Å². The molecule has 10 heteroatoms. The summed E-state index contributed by atoms with van der Waals surface area (Å²) in [5.74, 6) is -1.78. The Morgan fingerprint density at radius 1 is 1.27 bits per heavy atom. The van der Waals surface area contributed by atoms with Crippen molar-refractivity contribution in [3.63, 3.8) is 0 Å². The zero-order valence-electron chi connectivity index (χ0n) is 17.6. The number of rotatable bonds is 8. The van der Waals surface area contributed by atoms with Gasteiger partial charge in [0.05, 0.1) is 18.2 Å². The van der Waals surface area contributed by atoms with Crippen LogP contribution in [-0.2, 0) is 16.0 Å². The van der Waals surface area contributed by atoms with Crippen molar-refractivity contribution in [1.29, 1.82) is 0 Å². The molecule has 0 saturated carbocycles. The van der Waals surface area contributed by atoms with Crippen LogP contribution >= 0.6 is 11.6 Å². The van der Waals surface area contributed by atoms with E-state index in [0.717, 1.165) is 5.56 Å². The van der Waals surface area contributed by atoms with Crippen molar-refractivity contribution < 1.29 is 23.8 Å². The lowest BCUT2D eigenvalue weighted by atomic mass is 9.79. The van der Waals surface area contributed by atoms with Gasteiger partial charge in [-0.3, -0.25) is 9.59 Å². The fraction of sp³-hybridized carbons (Fsp3) is 0.304. The number of carboxylic acids is 1. The zero-order valence-corrected chi connectivity index (χ0v) is 18.3. The second-order valence-electron chi connectivity index (χ2n) is 8.14. The molecule has 0 radical (unpaired) electrons. The maximum atomic E-state index is 14.2. The number of ether oxygens (including phenoxy) is 1. The molecule has 3 aromatic rings. The summed E-state index contributed by atoms with van der Waals surface area (Å²) < 4.78 is 19.6. The number of hydrogen-bond donors (Lipinski definition) is 3. The van der Waals surface area contributed by atoms with Crippen LogP contribution in [0, 0.1) is 11.2 Å². The lowest BCUT2D eigenvalue weighted by molar-refractivity contribution is -0.149. The van der Waals surface area contributed by atoms with E-state index >= 15 is 0 Å². The number of aliphatic carboxylic acids is 1. The van der Waals surface area contributed by atoms with E-state index in [0.29, 0.717) is 35.6 Å². The first-order valence-electron chi connectivity index (χ1n) is 10.4. The molecule has 1 aliphatic rings. The number of halogens is 2. The summed E-state index contributed by atoms with van der Waals surface area (Å²) in [6.45, 7) is 0.446. The summed E-state index contributed by atoms with van der Waals surface area (Å²) in [6.07, 6.45) is 2.23. The number of nitrogens with one attached hydrogen (secondary N) is 2. The number of carbonyl (C=O) groups excluding carboxylic acids is 1. The summed E-state index contributed by atoms with van der Waals surface area (Å²) in [7, 11) is 0. The monoisotopic (exact) mass is 472 g/mol. The lowest BCUT2D eigenvalue weighted by Crippen LogP contribution is -2.44. The minimum absolute atomic E-state index is 0.0889. The highest BCUT2D eigenvalue weighted by atomic mass is 35.5. The third kappa shape index (κ3) is 5.20. The molecule has 2 aromatic carbocycles. The smallest absolute Gasteiger partial charge is 0.312 e. The second-order valence-corrected chi connectivity index (χ2v) is 8.58.